The number of rotatable bonds is 41. The van der Waals surface area contributed by atoms with Gasteiger partial charge in [0.1, 0.15) is 19.8 Å². The summed E-state index contributed by atoms with van der Waals surface area (Å²) in [5.41, 5.74) is 0. The molecule has 10 heteroatoms. The molecule has 9 nitrogen and oxygen atoms in total. The van der Waals surface area contributed by atoms with Crippen molar-refractivity contribution in [1.82, 2.24) is 0 Å². The van der Waals surface area contributed by atoms with E-state index >= 15 is 0 Å². The zero-order valence-electron chi connectivity index (χ0n) is 36.8. The first kappa shape index (κ1) is 54.2. The number of hydrogen-bond acceptors (Lipinski definition) is 8. The minimum absolute atomic E-state index is 0.0370. The highest BCUT2D eigenvalue weighted by Crippen LogP contribution is 2.38. The van der Waals surface area contributed by atoms with Gasteiger partial charge >= 0.3 is 11.9 Å². The van der Waals surface area contributed by atoms with Crippen molar-refractivity contribution in [1.29, 1.82) is 0 Å². The number of esters is 2. The lowest BCUT2D eigenvalue weighted by Crippen LogP contribution is -2.37. The third-order valence-corrected chi connectivity index (χ3v) is 10.6. The lowest BCUT2D eigenvalue weighted by Gasteiger charge is -2.28. The van der Waals surface area contributed by atoms with E-state index in [0.29, 0.717) is 17.4 Å². The second-order valence-corrected chi connectivity index (χ2v) is 17.8. The first-order valence-electron chi connectivity index (χ1n) is 22.7. The molecule has 2 atom stereocenters. The van der Waals surface area contributed by atoms with E-state index in [4.69, 9.17) is 18.5 Å². The largest absolute Gasteiger partial charge is 0.756 e. The van der Waals surface area contributed by atoms with Crippen LogP contribution in [0.2, 0.25) is 0 Å². The lowest BCUT2D eigenvalue weighted by molar-refractivity contribution is -0.870. The average Bonchev–Trinajstić information content (AvgIpc) is 3.15. The fraction of sp³-hybridized carbons (Fsp3) is 0.826. The highest BCUT2D eigenvalue weighted by Gasteiger charge is 2.21. The Morgan fingerprint density at radius 3 is 1.50 bits per heavy atom. The Labute approximate surface area is 344 Å². The summed E-state index contributed by atoms with van der Waals surface area (Å²) in [6.07, 6.45) is 43.1. The maximum Gasteiger partial charge on any atom is 0.306 e. The van der Waals surface area contributed by atoms with Crippen molar-refractivity contribution in [3.63, 3.8) is 0 Å². The van der Waals surface area contributed by atoms with E-state index < -0.39 is 32.5 Å². The van der Waals surface area contributed by atoms with Crippen LogP contribution in [0.5, 0.6) is 0 Å². The Kier molecular flexibility index (Phi) is 37.5. The molecule has 0 N–H and O–H groups in total. The van der Waals surface area contributed by atoms with E-state index in [1.54, 1.807) is 0 Å². The first-order chi connectivity index (χ1) is 27.0. The van der Waals surface area contributed by atoms with E-state index in [9.17, 15) is 19.0 Å². The molecule has 0 radical (unpaired) electrons. The van der Waals surface area contributed by atoms with Gasteiger partial charge in [-0.05, 0) is 64.2 Å². The summed E-state index contributed by atoms with van der Waals surface area (Å²) in [7, 11) is 1.14. The van der Waals surface area contributed by atoms with Gasteiger partial charge in [0.25, 0.3) is 7.82 Å². The number of phosphoric ester groups is 1. The van der Waals surface area contributed by atoms with Gasteiger partial charge in [-0.25, -0.2) is 0 Å². The number of phosphoric acid groups is 1. The SMILES string of the molecule is CCCCC/C=C\C/C=C\CCCC/C=C\CCCC(=O)O[C@H](COC(=O)CCCCCCCCCCCCCCCCC)COP(=O)([O-])OCC[N+](C)(C)C. The number of likely N-dealkylation sites (N-methyl/N-ethyl adjacent to an activating group) is 1. The molecule has 0 aliphatic heterocycles. The number of carbonyl (C=O) groups excluding carboxylic acids is 2. The number of quaternary nitrogens is 1. The molecular formula is C46H86NO8P. The standard InChI is InChI=1S/C46H86NO8P/c1-6-8-10-12-14-16-18-20-22-23-25-27-29-31-33-35-37-39-46(49)55-44(43-54-56(50,51)53-41-40-47(3,4)5)42-52-45(48)38-36-34-32-30-28-26-24-21-19-17-15-13-11-9-7-2/h14,16,20,22,31,33,44H,6-13,15,17-19,21,23-30,32,34-43H2,1-5H3/b16-14-,22-20-,33-31-/t44-/m1/s1. The molecule has 0 aliphatic rings. The highest BCUT2D eigenvalue weighted by molar-refractivity contribution is 7.45. The second kappa shape index (κ2) is 38.7. The minimum Gasteiger partial charge on any atom is -0.756 e. The van der Waals surface area contributed by atoms with Crippen molar-refractivity contribution in [2.75, 3.05) is 47.5 Å². The fourth-order valence-electron chi connectivity index (χ4n) is 6.04. The van der Waals surface area contributed by atoms with Crippen LogP contribution in [-0.2, 0) is 32.7 Å². The topological polar surface area (TPSA) is 111 Å². The molecule has 0 spiro atoms. The second-order valence-electron chi connectivity index (χ2n) is 16.4. The van der Waals surface area contributed by atoms with Gasteiger partial charge in [0, 0.05) is 12.8 Å². The Bertz CT molecular complexity index is 1050. The summed E-state index contributed by atoms with van der Waals surface area (Å²) in [4.78, 5) is 37.5. The van der Waals surface area contributed by atoms with Gasteiger partial charge in [0.15, 0.2) is 6.10 Å². The molecule has 0 fully saturated rings. The van der Waals surface area contributed by atoms with Crippen molar-refractivity contribution < 1.29 is 42.1 Å². The van der Waals surface area contributed by atoms with E-state index in [0.717, 1.165) is 57.8 Å². The van der Waals surface area contributed by atoms with Crippen LogP contribution in [0.15, 0.2) is 36.5 Å². The molecule has 0 aromatic rings. The Morgan fingerprint density at radius 2 is 0.982 bits per heavy atom. The molecule has 0 aliphatic carbocycles. The smallest absolute Gasteiger partial charge is 0.306 e. The minimum atomic E-state index is -4.63. The molecule has 0 bridgehead atoms. The van der Waals surface area contributed by atoms with Crippen LogP contribution in [0.3, 0.4) is 0 Å². The number of nitrogens with zero attached hydrogens (tertiary/aromatic N) is 1. The van der Waals surface area contributed by atoms with Gasteiger partial charge in [-0.2, -0.15) is 0 Å². The summed E-state index contributed by atoms with van der Waals surface area (Å²) in [5.74, 6) is -0.878. The van der Waals surface area contributed by atoms with Crippen LogP contribution >= 0.6 is 7.82 Å². The van der Waals surface area contributed by atoms with Crippen LogP contribution < -0.4 is 4.89 Å². The van der Waals surface area contributed by atoms with Crippen molar-refractivity contribution in [3.05, 3.63) is 36.5 Å². The molecule has 56 heavy (non-hydrogen) atoms. The lowest BCUT2D eigenvalue weighted by atomic mass is 10.0. The molecule has 328 valence electrons. The quantitative estimate of drug-likeness (QED) is 0.0197. The van der Waals surface area contributed by atoms with E-state index in [1.165, 1.54) is 103 Å². The van der Waals surface area contributed by atoms with Gasteiger partial charge < -0.3 is 27.9 Å². The number of ether oxygens (including phenoxy) is 2. The number of allylic oxidation sites excluding steroid dienone is 6. The Morgan fingerprint density at radius 1 is 0.554 bits per heavy atom. The molecule has 0 saturated carbocycles. The predicted octanol–water partition coefficient (Wildman–Crippen LogP) is 12.3. The van der Waals surface area contributed by atoms with Gasteiger partial charge in [-0.3, -0.25) is 14.2 Å². The fourth-order valence-corrected chi connectivity index (χ4v) is 6.77. The maximum absolute atomic E-state index is 12.7. The van der Waals surface area contributed by atoms with Gasteiger partial charge in [0.05, 0.1) is 27.7 Å². The summed E-state index contributed by atoms with van der Waals surface area (Å²) in [5, 5.41) is 0. The van der Waals surface area contributed by atoms with Gasteiger partial charge in [-0.1, -0.05) is 153 Å². The van der Waals surface area contributed by atoms with Crippen molar-refractivity contribution in [2.45, 2.75) is 200 Å². The zero-order chi connectivity index (χ0) is 41.4. The third kappa shape index (κ3) is 41.9. The molecule has 0 aromatic carbocycles. The van der Waals surface area contributed by atoms with E-state index in [-0.39, 0.29) is 26.1 Å². The normalized spacial score (nSPS) is 13.9. The molecule has 0 amide bonds. The molecular weight excluding hydrogens is 725 g/mol. The van der Waals surface area contributed by atoms with Crippen LogP contribution in [0.25, 0.3) is 0 Å². The third-order valence-electron chi connectivity index (χ3n) is 9.63. The van der Waals surface area contributed by atoms with Crippen LogP contribution in [-0.4, -0.2) is 70.0 Å². The monoisotopic (exact) mass is 812 g/mol. The molecule has 0 rings (SSSR count). The van der Waals surface area contributed by atoms with E-state index in [2.05, 4.69) is 50.3 Å². The zero-order valence-corrected chi connectivity index (χ0v) is 37.7. The first-order valence-corrected chi connectivity index (χ1v) is 24.2. The Balaban J connectivity index is 4.39. The molecule has 0 heterocycles. The molecule has 0 aromatic heterocycles. The van der Waals surface area contributed by atoms with Gasteiger partial charge in [0.2, 0.25) is 0 Å². The van der Waals surface area contributed by atoms with Gasteiger partial charge in [-0.15, -0.1) is 0 Å². The van der Waals surface area contributed by atoms with Crippen molar-refractivity contribution in [2.24, 2.45) is 0 Å². The Hall–Kier alpha value is -1.77. The van der Waals surface area contributed by atoms with Crippen molar-refractivity contribution >= 4 is 19.8 Å². The molecule has 0 saturated heterocycles. The summed E-state index contributed by atoms with van der Waals surface area (Å²) in [6, 6.07) is 0. The average molecular weight is 812 g/mol. The summed E-state index contributed by atoms with van der Waals surface area (Å²) in [6.45, 7) is 4.17. The van der Waals surface area contributed by atoms with Crippen molar-refractivity contribution in [3.8, 4) is 0 Å². The van der Waals surface area contributed by atoms with E-state index in [1.807, 2.05) is 21.1 Å². The van der Waals surface area contributed by atoms with Crippen LogP contribution in [0.1, 0.15) is 194 Å². The number of unbranched alkanes of at least 4 members (excludes halogenated alkanes) is 21. The maximum atomic E-state index is 12.7. The molecule has 1 unspecified atom stereocenters. The van der Waals surface area contributed by atoms with Crippen LogP contribution in [0, 0.1) is 0 Å². The number of hydrogen-bond donors (Lipinski definition) is 0. The summed E-state index contributed by atoms with van der Waals surface area (Å²) >= 11 is 0. The predicted molar refractivity (Wildman–Crippen MR) is 231 cm³/mol. The summed E-state index contributed by atoms with van der Waals surface area (Å²) < 4.78 is 33.9. The van der Waals surface area contributed by atoms with Crippen LogP contribution in [0.4, 0.5) is 0 Å². The highest BCUT2D eigenvalue weighted by atomic mass is 31.2. The number of carbonyl (C=O) groups is 2.